The number of nitrogens with zero attached hydrogens (tertiary/aromatic N) is 3. The van der Waals surface area contributed by atoms with Crippen molar-refractivity contribution >= 4 is 27.5 Å². The van der Waals surface area contributed by atoms with Crippen LogP contribution in [0, 0.1) is 11.7 Å². The minimum absolute atomic E-state index is 0.175. The van der Waals surface area contributed by atoms with Gasteiger partial charge in [0.1, 0.15) is 6.61 Å². The van der Waals surface area contributed by atoms with Crippen LogP contribution in [-0.2, 0) is 14.3 Å². The Kier molecular flexibility index (Phi) is 4.84. The van der Waals surface area contributed by atoms with Crippen molar-refractivity contribution in [3.63, 3.8) is 0 Å². The van der Waals surface area contributed by atoms with Gasteiger partial charge in [0.2, 0.25) is 0 Å². The fourth-order valence-corrected chi connectivity index (χ4v) is 2.60. The molecule has 2 fully saturated rings. The van der Waals surface area contributed by atoms with E-state index in [1.807, 2.05) is 13.8 Å². The van der Waals surface area contributed by atoms with E-state index in [0.717, 1.165) is 5.71 Å². The quantitative estimate of drug-likeness (QED) is 0.743. The summed E-state index contributed by atoms with van der Waals surface area (Å²) in [6.07, 6.45) is 1.58. The van der Waals surface area contributed by atoms with Crippen LogP contribution in [0.3, 0.4) is 0 Å². The van der Waals surface area contributed by atoms with Crippen molar-refractivity contribution in [2.24, 2.45) is 11.1 Å². The lowest BCUT2D eigenvalue weighted by atomic mass is 10.1. The molecule has 6 nitrogen and oxygen atoms in total. The first-order valence-corrected chi connectivity index (χ1v) is 8.24. The minimum Gasteiger partial charge on any atom is -0.395 e. The lowest BCUT2D eigenvalue weighted by Gasteiger charge is -2.35. The van der Waals surface area contributed by atoms with Gasteiger partial charge in [-0.3, -0.25) is 0 Å². The summed E-state index contributed by atoms with van der Waals surface area (Å²) in [7, 11) is 0. The molecule has 126 valence electrons. The highest BCUT2D eigenvalue weighted by atomic mass is 79.9. The smallest absolute Gasteiger partial charge is 0.166 e. The number of rotatable bonds is 4. The fraction of sp³-hybridized carbons (Fsp3) is 0.600. The molecule has 23 heavy (non-hydrogen) atoms. The minimum atomic E-state index is -0.515. The van der Waals surface area contributed by atoms with Crippen LogP contribution in [0.15, 0.2) is 21.9 Å². The third-order valence-electron chi connectivity index (χ3n) is 3.67. The maximum absolute atomic E-state index is 13.8. The van der Waals surface area contributed by atoms with E-state index >= 15 is 0 Å². The Bertz CT molecular complexity index is 594. The van der Waals surface area contributed by atoms with Crippen LogP contribution in [-0.4, -0.2) is 49.4 Å². The van der Waals surface area contributed by atoms with Crippen LogP contribution in [0.5, 0.6) is 0 Å². The molecule has 0 aromatic carbocycles. The van der Waals surface area contributed by atoms with Gasteiger partial charge in [0.15, 0.2) is 17.4 Å². The third kappa shape index (κ3) is 4.19. The molecule has 0 bridgehead atoms. The number of hydrogen-bond acceptors (Lipinski definition) is 6. The second-order valence-electron chi connectivity index (χ2n) is 6.16. The molecular formula is C15H19BrFN3O3. The van der Waals surface area contributed by atoms with Crippen molar-refractivity contribution in [2.75, 3.05) is 37.8 Å². The number of hydrogen-bond donors (Lipinski definition) is 0. The van der Waals surface area contributed by atoms with Crippen LogP contribution in [0.1, 0.15) is 13.8 Å². The Hall–Kier alpha value is -1.25. The summed E-state index contributed by atoms with van der Waals surface area (Å²) >= 11 is 3.19. The standard InChI is InChI=1S/C15H19BrFN3O3/c1-15(2)21-7-10(8-22-15)9-23-19-12-5-20(6-12)14-13(17)3-11(16)4-18-14/h3-4,10H,5-9H2,1-2H3. The second-order valence-corrected chi connectivity index (χ2v) is 7.07. The van der Waals surface area contributed by atoms with Crippen LogP contribution in [0.25, 0.3) is 0 Å². The molecular weight excluding hydrogens is 369 g/mol. The lowest BCUT2D eigenvalue weighted by molar-refractivity contribution is -0.266. The van der Waals surface area contributed by atoms with Crippen LogP contribution < -0.4 is 4.90 Å². The zero-order valence-electron chi connectivity index (χ0n) is 13.1. The summed E-state index contributed by atoms with van der Waals surface area (Å²) in [6, 6.07) is 1.40. The number of anilines is 1. The monoisotopic (exact) mass is 387 g/mol. The van der Waals surface area contributed by atoms with Crippen molar-refractivity contribution in [2.45, 2.75) is 19.6 Å². The van der Waals surface area contributed by atoms with Gasteiger partial charge in [0.25, 0.3) is 0 Å². The zero-order valence-corrected chi connectivity index (χ0v) is 14.7. The number of halogens is 2. The number of pyridine rings is 1. The van der Waals surface area contributed by atoms with Gasteiger partial charge < -0.3 is 19.2 Å². The molecule has 1 aromatic rings. The Morgan fingerprint density at radius 1 is 1.43 bits per heavy atom. The van der Waals surface area contributed by atoms with Crippen LogP contribution >= 0.6 is 15.9 Å². The van der Waals surface area contributed by atoms with Crippen molar-refractivity contribution in [1.29, 1.82) is 0 Å². The number of oxime groups is 1. The molecule has 3 heterocycles. The molecule has 1 aromatic heterocycles. The summed E-state index contributed by atoms with van der Waals surface area (Å²) in [5, 5.41) is 4.09. The van der Waals surface area contributed by atoms with E-state index < -0.39 is 5.79 Å². The maximum Gasteiger partial charge on any atom is 0.166 e. The normalized spacial score (nSPS) is 21.0. The third-order valence-corrected chi connectivity index (χ3v) is 4.11. The molecule has 0 aliphatic carbocycles. The van der Waals surface area contributed by atoms with Gasteiger partial charge in [-0.15, -0.1) is 0 Å². The zero-order chi connectivity index (χ0) is 16.4. The first-order chi connectivity index (χ1) is 10.9. The average molecular weight is 388 g/mol. The van der Waals surface area contributed by atoms with Gasteiger partial charge in [0, 0.05) is 16.6 Å². The highest BCUT2D eigenvalue weighted by Gasteiger charge is 2.29. The van der Waals surface area contributed by atoms with Gasteiger partial charge >= 0.3 is 0 Å². The molecule has 0 unspecified atom stereocenters. The summed E-state index contributed by atoms with van der Waals surface area (Å²) in [5.41, 5.74) is 0.868. The molecule has 0 amide bonds. The average Bonchev–Trinajstić information content (AvgIpc) is 2.44. The van der Waals surface area contributed by atoms with Crippen LogP contribution in [0.4, 0.5) is 10.2 Å². The topological polar surface area (TPSA) is 56.2 Å². The largest absolute Gasteiger partial charge is 0.395 e. The van der Waals surface area contributed by atoms with Crippen molar-refractivity contribution in [1.82, 2.24) is 4.98 Å². The van der Waals surface area contributed by atoms with E-state index in [1.165, 1.54) is 6.07 Å². The summed E-state index contributed by atoms with van der Waals surface area (Å²) < 4.78 is 25.5. The molecule has 3 rings (SSSR count). The summed E-state index contributed by atoms with van der Waals surface area (Å²) in [5.74, 6) is -0.352. The molecule has 2 aliphatic rings. The predicted molar refractivity (Wildman–Crippen MR) is 87.0 cm³/mol. The summed E-state index contributed by atoms with van der Waals surface area (Å²) in [6.45, 7) is 6.47. The van der Waals surface area contributed by atoms with Crippen molar-refractivity contribution < 1.29 is 18.7 Å². The highest BCUT2D eigenvalue weighted by molar-refractivity contribution is 9.10. The van der Waals surface area contributed by atoms with Crippen molar-refractivity contribution in [3.05, 3.63) is 22.6 Å². The molecule has 0 spiro atoms. The Morgan fingerprint density at radius 3 is 2.78 bits per heavy atom. The van der Waals surface area contributed by atoms with E-state index in [9.17, 15) is 4.39 Å². The molecule has 0 atom stereocenters. The van der Waals surface area contributed by atoms with E-state index in [0.29, 0.717) is 43.2 Å². The first-order valence-electron chi connectivity index (χ1n) is 7.44. The van der Waals surface area contributed by atoms with Gasteiger partial charge in [-0.25, -0.2) is 9.37 Å². The van der Waals surface area contributed by atoms with E-state index in [4.69, 9.17) is 14.3 Å². The van der Waals surface area contributed by atoms with Crippen molar-refractivity contribution in [3.8, 4) is 0 Å². The maximum atomic E-state index is 13.8. The highest BCUT2D eigenvalue weighted by Crippen LogP contribution is 2.23. The number of ether oxygens (including phenoxy) is 2. The molecule has 2 aliphatic heterocycles. The SMILES string of the molecule is CC1(C)OCC(CON=C2CN(c3ncc(Br)cc3F)C2)CO1. The molecule has 2 saturated heterocycles. The summed E-state index contributed by atoms with van der Waals surface area (Å²) in [4.78, 5) is 11.2. The molecule has 0 saturated carbocycles. The number of aromatic nitrogens is 1. The second kappa shape index (κ2) is 6.70. The lowest BCUT2D eigenvalue weighted by Crippen LogP contribution is -2.48. The Labute approximate surface area is 142 Å². The Morgan fingerprint density at radius 2 is 2.13 bits per heavy atom. The van der Waals surface area contributed by atoms with E-state index in [-0.39, 0.29) is 11.7 Å². The van der Waals surface area contributed by atoms with E-state index in [1.54, 1.807) is 11.1 Å². The van der Waals surface area contributed by atoms with E-state index in [2.05, 4.69) is 26.1 Å². The molecule has 8 heteroatoms. The van der Waals surface area contributed by atoms with Crippen LogP contribution in [0.2, 0.25) is 0 Å². The van der Waals surface area contributed by atoms with Gasteiger partial charge in [-0.2, -0.15) is 0 Å². The van der Waals surface area contributed by atoms with Gasteiger partial charge in [-0.05, 0) is 35.8 Å². The molecule has 0 N–H and O–H groups in total. The van der Waals surface area contributed by atoms with Gasteiger partial charge in [-0.1, -0.05) is 5.16 Å². The Balaban J connectivity index is 1.42. The predicted octanol–water partition coefficient (Wildman–Crippen LogP) is 2.57. The first kappa shape index (κ1) is 16.6. The molecule has 0 radical (unpaired) electrons. The van der Waals surface area contributed by atoms with Gasteiger partial charge in [0.05, 0.1) is 32.0 Å². The fourth-order valence-electron chi connectivity index (χ4n) is 2.30.